The molecule has 0 N–H and O–H groups in total. The van der Waals surface area contributed by atoms with Crippen LogP contribution in [0.3, 0.4) is 0 Å². The summed E-state index contributed by atoms with van der Waals surface area (Å²) in [5.41, 5.74) is 3.62. The molecule has 0 aliphatic carbocycles. The smallest absolute Gasteiger partial charge is 0.196 e. The molecule has 0 aliphatic rings. The summed E-state index contributed by atoms with van der Waals surface area (Å²) in [7, 11) is 1.60. The van der Waals surface area contributed by atoms with Gasteiger partial charge in [-0.15, -0.1) is 10.2 Å². The Kier molecular flexibility index (Phi) is 6.39. The van der Waals surface area contributed by atoms with Crippen LogP contribution in [-0.4, -0.2) is 33.4 Å². The number of nitrogens with zero attached hydrogens (tertiary/aromatic N) is 3. The number of rotatable bonds is 7. The molecule has 156 valence electrons. The van der Waals surface area contributed by atoms with E-state index in [1.807, 2.05) is 60.0 Å². The van der Waals surface area contributed by atoms with Gasteiger partial charge in [0, 0.05) is 21.8 Å². The van der Waals surface area contributed by atoms with Crippen molar-refractivity contribution >= 4 is 29.1 Å². The van der Waals surface area contributed by atoms with Crippen molar-refractivity contribution in [2.75, 3.05) is 12.9 Å². The van der Waals surface area contributed by atoms with E-state index >= 15 is 0 Å². The normalized spacial score (nSPS) is 10.8. The molecule has 0 atom stereocenters. The lowest BCUT2D eigenvalue weighted by atomic mass is 10.1. The van der Waals surface area contributed by atoms with Gasteiger partial charge in [0.05, 0.1) is 12.9 Å². The van der Waals surface area contributed by atoms with Crippen LogP contribution in [0.15, 0.2) is 78.0 Å². The van der Waals surface area contributed by atoms with Gasteiger partial charge in [0.1, 0.15) is 5.75 Å². The monoisotopic (exact) mass is 449 g/mol. The van der Waals surface area contributed by atoms with Gasteiger partial charge in [0.25, 0.3) is 0 Å². The van der Waals surface area contributed by atoms with Gasteiger partial charge in [0.2, 0.25) is 0 Å². The molecule has 0 amide bonds. The van der Waals surface area contributed by atoms with E-state index in [1.165, 1.54) is 11.8 Å². The lowest BCUT2D eigenvalue weighted by Crippen LogP contribution is -2.05. The fraction of sp³-hybridized carbons (Fsp3) is 0.125. The van der Waals surface area contributed by atoms with Gasteiger partial charge < -0.3 is 4.74 Å². The first-order chi connectivity index (χ1) is 15.0. The minimum atomic E-state index is 0.0131. The molecule has 0 saturated heterocycles. The van der Waals surface area contributed by atoms with E-state index in [-0.39, 0.29) is 11.5 Å². The highest BCUT2D eigenvalue weighted by Gasteiger charge is 2.18. The lowest BCUT2D eigenvalue weighted by molar-refractivity contribution is 0.102. The Balaban J connectivity index is 1.64. The van der Waals surface area contributed by atoms with E-state index < -0.39 is 0 Å². The molecular weight excluding hydrogens is 430 g/mol. The summed E-state index contributed by atoms with van der Waals surface area (Å²) >= 11 is 7.41. The summed E-state index contributed by atoms with van der Waals surface area (Å²) < 4.78 is 7.12. The van der Waals surface area contributed by atoms with Crippen LogP contribution in [0.1, 0.15) is 15.9 Å². The zero-order valence-electron chi connectivity index (χ0n) is 17.1. The molecule has 0 radical (unpaired) electrons. The summed E-state index contributed by atoms with van der Waals surface area (Å²) in [4.78, 5) is 12.7. The van der Waals surface area contributed by atoms with Gasteiger partial charge in [-0.2, -0.15) is 0 Å². The molecule has 0 bridgehead atoms. The third-order valence-corrected chi connectivity index (χ3v) is 5.95. The number of thioether (sulfide) groups is 1. The second kappa shape index (κ2) is 9.37. The van der Waals surface area contributed by atoms with Crippen molar-refractivity contribution in [1.29, 1.82) is 0 Å². The second-order valence-corrected chi connectivity index (χ2v) is 8.30. The molecule has 4 rings (SSSR count). The maximum atomic E-state index is 12.7. The molecule has 0 aliphatic heterocycles. The molecule has 0 spiro atoms. The quantitative estimate of drug-likeness (QED) is 0.260. The van der Waals surface area contributed by atoms with E-state index in [0.717, 1.165) is 22.6 Å². The largest absolute Gasteiger partial charge is 0.497 e. The van der Waals surface area contributed by atoms with Crippen LogP contribution < -0.4 is 4.74 Å². The molecule has 7 heteroatoms. The van der Waals surface area contributed by atoms with Crippen molar-refractivity contribution in [3.63, 3.8) is 0 Å². The number of aromatic nitrogens is 3. The van der Waals surface area contributed by atoms with Crippen LogP contribution in [0, 0.1) is 6.92 Å². The molecule has 1 heterocycles. The molecular formula is C24H20ClN3O2S. The van der Waals surface area contributed by atoms with Crippen LogP contribution in [0.5, 0.6) is 5.75 Å². The number of ether oxygens (including phenoxy) is 1. The van der Waals surface area contributed by atoms with Gasteiger partial charge in [-0.25, -0.2) is 0 Å². The minimum absolute atomic E-state index is 0.0131. The molecule has 0 fully saturated rings. The highest BCUT2D eigenvalue weighted by atomic mass is 35.5. The number of carbonyl (C=O) groups is 1. The molecule has 0 unspecified atom stereocenters. The predicted molar refractivity (Wildman–Crippen MR) is 125 cm³/mol. The van der Waals surface area contributed by atoms with Crippen molar-refractivity contribution in [2.45, 2.75) is 12.1 Å². The number of halogens is 1. The number of hydrogen-bond acceptors (Lipinski definition) is 5. The number of ketones is 1. The number of methoxy groups -OCH3 is 1. The average Bonchev–Trinajstić information content (AvgIpc) is 3.22. The second-order valence-electron chi connectivity index (χ2n) is 6.92. The van der Waals surface area contributed by atoms with E-state index in [0.29, 0.717) is 21.6 Å². The Labute approximate surface area is 190 Å². The SMILES string of the molecule is COc1ccc(C(=O)CSc2nnc(-c3ccc(Cl)cc3)n2-c2ccc(C)cc2)cc1. The maximum absolute atomic E-state index is 12.7. The molecule has 31 heavy (non-hydrogen) atoms. The van der Waals surface area contributed by atoms with E-state index in [1.54, 1.807) is 31.4 Å². The van der Waals surface area contributed by atoms with E-state index in [4.69, 9.17) is 16.3 Å². The van der Waals surface area contributed by atoms with Gasteiger partial charge >= 0.3 is 0 Å². The minimum Gasteiger partial charge on any atom is -0.497 e. The van der Waals surface area contributed by atoms with Crippen molar-refractivity contribution in [3.05, 3.63) is 88.9 Å². The Hall–Kier alpha value is -3.09. The highest BCUT2D eigenvalue weighted by molar-refractivity contribution is 7.99. The number of aryl methyl sites for hydroxylation is 1. The van der Waals surface area contributed by atoms with Gasteiger partial charge in [-0.05, 0) is 67.6 Å². The first-order valence-electron chi connectivity index (χ1n) is 9.63. The van der Waals surface area contributed by atoms with Gasteiger partial charge in [-0.3, -0.25) is 9.36 Å². The zero-order valence-corrected chi connectivity index (χ0v) is 18.7. The molecule has 1 aromatic heterocycles. The summed E-state index contributed by atoms with van der Waals surface area (Å²) in [6.45, 7) is 2.04. The standard InChI is InChI=1S/C24H20ClN3O2S/c1-16-3-11-20(12-4-16)28-23(18-5-9-19(25)10-6-18)26-27-24(28)31-15-22(29)17-7-13-21(30-2)14-8-17/h3-14H,15H2,1-2H3. The predicted octanol–water partition coefficient (Wildman–Crippen LogP) is 5.88. The number of hydrogen-bond donors (Lipinski definition) is 0. The van der Waals surface area contributed by atoms with Crippen LogP contribution in [0.25, 0.3) is 17.1 Å². The molecule has 4 aromatic rings. The summed E-state index contributed by atoms with van der Waals surface area (Å²) in [6.07, 6.45) is 0. The Bertz CT molecular complexity index is 1190. The first-order valence-corrected chi connectivity index (χ1v) is 11.0. The van der Waals surface area contributed by atoms with Crippen LogP contribution in [0.4, 0.5) is 0 Å². The maximum Gasteiger partial charge on any atom is 0.196 e. The first kappa shape index (κ1) is 21.2. The number of benzene rings is 3. The fourth-order valence-corrected chi connectivity index (χ4v) is 4.04. The van der Waals surface area contributed by atoms with E-state index in [2.05, 4.69) is 10.2 Å². The van der Waals surface area contributed by atoms with Gasteiger partial charge in [-0.1, -0.05) is 41.1 Å². The van der Waals surface area contributed by atoms with E-state index in [9.17, 15) is 4.79 Å². The van der Waals surface area contributed by atoms with Crippen LogP contribution >= 0.6 is 23.4 Å². The third kappa shape index (κ3) is 4.81. The third-order valence-electron chi connectivity index (χ3n) is 4.77. The molecule has 5 nitrogen and oxygen atoms in total. The number of carbonyl (C=O) groups excluding carboxylic acids is 1. The van der Waals surface area contributed by atoms with Crippen LogP contribution in [0.2, 0.25) is 5.02 Å². The summed E-state index contributed by atoms with van der Waals surface area (Å²) in [5.74, 6) is 1.67. The van der Waals surface area contributed by atoms with Crippen LogP contribution in [-0.2, 0) is 0 Å². The molecule has 0 saturated carbocycles. The summed E-state index contributed by atoms with van der Waals surface area (Å²) in [5, 5.41) is 10.1. The summed E-state index contributed by atoms with van der Waals surface area (Å²) in [6, 6.07) is 22.7. The van der Waals surface area contributed by atoms with Crippen molar-refractivity contribution < 1.29 is 9.53 Å². The van der Waals surface area contributed by atoms with Gasteiger partial charge in [0.15, 0.2) is 16.8 Å². The topological polar surface area (TPSA) is 57.0 Å². The Morgan fingerprint density at radius 2 is 1.65 bits per heavy atom. The Morgan fingerprint density at radius 1 is 0.968 bits per heavy atom. The molecule has 3 aromatic carbocycles. The van der Waals surface area contributed by atoms with Crippen molar-refractivity contribution in [3.8, 4) is 22.8 Å². The van der Waals surface area contributed by atoms with Crippen molar-refractivity contribution in [2.24, 2.45) is 0 Å². The Morgan fingerprint density at radius 3 is 2.29 bits per heavy atom. The van der Waals surface area contributed by atoms with Crippen molar-refractivity contribution in [1.82, 2.24) is 14.8 Å². The highest BCUT2D eigenvalue weighted by Crippen LogP contribution is 2.29. The lowest BCUT2D eigenvalue weighted by Gasteiger charge is -2.11. The fourth-order valence-electron chi connectivity index (χ4n) is 3.07. The number of Topliss-reactive ketones (excluding diaryl/α,β-unsaturated/α-hetero) is 1. The average molecular weight is 450 g/mol. The zero-order chi connectivity index (χ0) is 21.8.